The predicted molar refractivity (Wildman–Crippen MR) is 76.4 cm³/mol. The Bertz CT molecular complexity index is 736. The van der Waals surface area contributed by atoms with Crippen LogP contribution < -0.4 is 5.43 Å². The molecule has 0 fully saturated rings. The van der Waals surface area contributed by atoms with E-state index in [2.05, 4.69) is 0 Å². The van der Waals surface area contributed by atoms with Crippen molar-refractivity contribution in [2.75, 3.05) is 6.61 Å². The quantitative estimate of drug-likeness (QED) is 0.897. The third-order valence-electron chi connectivity index (χ3n) is 3.15. The van der Waals surface area contributed by atoms with Gasteiger partial charge in [-0.3, -0.25) is 9.59 Å². The van der Waals surface area contributed by atoms with Gasteiger partial charge in [-0.1, -0.05) is 17.7 Å². The Labute approximate surface area is 120 Å². The molecule has 0 bridgehead atoms. The van der Waals surface area contributed by atoms with Crippen LogP contribution in [0.3, 0.4) is 0 Å². The van der Waals surface area contributed by atoms with Gasteiger partial charge in [0.2, 0.25) is 0 Å². The number of carbonyl (C=O) groups is 1. The molecule has 0 aliphatic carbocycles. The molecule has 2 rings (SSSR count). The monoisotopic (exact) mass is 295 g/mol. The van der Waals surface area contributed by atoms with E-state index in [1.807, 2.05) is 6.92 Å². The topological polar surface area (TPSA) is 79.5 Å². The Morgan fingerprint density at radius 3 is 2.70 bits per heavy atom. The molecular weight excluding hydrogens is 282 g/mol. The molecule has 0 aliphatic heterocycles. The third-order valence-corrected chi connectivity index (χ3v) is 3.46. The Hall–Kier alpha value is -1.85. The Morgan fingerprint density at radius 2 is 2.10 bits per heavy atom. The van der Waals surface area contributed by atoms with Crippen molar-refractivity contribution in [2.45, 2.75) is 19.9 Å². The van der Waals surface area contributed by atoms with Gasteiger partial charge in [-0.25, -0.2) is 0 Å². The van der Waals surface area contributed by atoms with Crippen LogP contribution in [0, 0.1) is 6.92 Å². The van der Waals surface area contributed by atoms with E-state index >= 15 is 0 Å². The maximum Gasteiger partial charge on any atom is 0.309 e. The number of fused-ring (bicyclic) bond motifs is 1. The number of carboxylic acid groups (broad SMARTS) is 1. The van der Waals surface area contributed by atoms with E-state index in [1.54, 1.807) is 16.7 Å². The van der Waals surface area contributed by atoms with Gasteiger partial charge in [0.05, 0.1) is 29.0 Å². The summed E-state index contributed by atoms with van der Waals surface area (Å²) in [5, 5.41) is 18.8. The minimum atomic E-state index is -1.03. The van der Waals surface area contributed by atoms with Crippen molar-refractivity contribution in [3.63, 3.8) is 0 Å². The van der Waals surface area contributed by atoms with Crippen LogP contribution in [0.1, 0.15) is 11.3 Å². The molecule has 20 heavy (non-hydrogen) atoms. The number of aryl methyl sites for hydroxylation is 1. The number of aliphatic carboxylic acids is 1. The summed E-state index contributed by atoms with van der Waals surface area (Å²) in [6.45, 7) is 1.87. The van der Waals surface area contributed by atoms with Crippen molar-refractivity contribution in [3.05, 3.63) is 44.7 Å². The summed E-state index contributed by atoms with van der Waals surface area (Å²) in [5.41, 5.74) is 1.44. The van der Waals surface area contributed by atoms with Gasteiger partial charge in [0.1, 0.15) is 0 Å². The molecular formula is C14H14ClNO4. The highest BCUT2D eigenvalue weighted by Gasteiger charge is 2.15. The van der Waals surface area contributed by atoms with Gasteiger partial charge in [-0.05, 0) is 18.6 Å². The second-order valence-electron chi connectivity index (χ2n) is 4.53. The number of nitrogens with zero attached hydrogens (tertiary/aromatic N) is 1. The molecule has 1 aromatic heterocycles. The molecule has 0 atom stereocenters. The molecule has 0 saturated carbocycles. The van der Waals surface area contributed by atoms with Crippen molar-refractivity contribution >= 4 is 28.5 Å². The Balaban J connectivity index is 2.90. The summed E-state index contributed by atoms with van der Waals surface area (Å²) >= 11 is 6.07. The van der Waals surface area contributed by atoms with Gasteiger partial charge in [0.15, 0.2) is 5.43 Å². The Morgan fingerprint density at radius 1 is 1.40 bits per heavy atom. The first-order valence-electron chi connectivity index (χ1n) is 6.10. The molecule has 0 aliphatic rings. The molecule has 1 aromatic carbocycles. The first-order chi connectivity index (χ1) is 9.45. The van der Waals surface area contributed by atoms with Crippen molar-refractivity contribution < 1.29 is 15.0 Å². The number of pyridine rings is 1. The van der Waals surface area contributed by atoms with Crippen LogP contribution in [0.4, 0.5) is 0 Å². The summed E-state index contributed by atoms with van der Waals surface area (Å²) in [6, 6.07) is 4.68. The van der Waals surface area contributed by atoms with E-state index in [0.717, 1.165) is 5.56 Å². The summed E-state index contributed by atoms with van der Waals surface area (Å²) in [5.74, 6) is -1.03. The molecule has 5 nitrogen and oxygen atoms in total. The largest absolute Gasteiger partial charge is 0.481 e. The number of halogens is 1. The highest BCUT2D eigenvalue weighted by Crippen LogP contribution is 2.25. The molecule has 0 unspecified atom stereocenters. The first-order valence-corrected chi connectivity index (χ1v) is 6.47. The highest BCUT2D eigenvalue weighted by atomic mass is 35.5. The van der Waals surface area contributed by atoms with Gasteiger partial charge < -0.3 is 14.8 Å². The lowest BCUT2D eigenvalue weighted by atomic mass is 10.1. The van der Waals surface area contributed by atoms with Gasteiger partial charge in [0, 0.05) is 18.3 Å². The van der Waals surface area contributed by atoms with E-state index in [0.29, 0.717) is 21.6 Å². The average Bonchev–Trinajstić information content (AvgIpc) is 2.36. The second kappa shape index (κ2) is 5.64. The summed E-state index contributed by atoms with van der Waals surface area (Å²) in [7, 11) is 0. The van der Waals surface area contributed by atoms with Gasteiger partial charge >= 0.3 is 5.97 Å². The van der Waals surface area contributed by atoms with Crippen LogP contribution in [0.15, 0.2) is 23.0 Å². The van der Waals surface area contributed by atoms with Crippen LogP contribution >= 0.6 is 11.6 Å². The number of carboxylic acids is 1. The standard InChI is InChI=1S/C14H14ClNO4/c1-8-2-3-10(15)13-11(18)6-9(7-12(19)20)16(4-5-17)14(8)13/h2-3,6,17H,4-5,7H2,1H3,(H,19,20). The lowest BCUT2D eigenvalue weighted by molar-refractivity contribution is -0.136. The molecule has 0 spiro atoms. The van der Waals surface area contributed by atoms with Crippen molar-refractivity contribution in [1.82, 2.24) is 4.57 Å². The fourth-order valence-corrected chi connectivity index (χ4v) is 2.60. The van der Waals surface area contributed by atoms with Crippen LogP contribution in [-0.2, 0) is 17.8 Å². The minimum absolute atomic E-state index is 0.156. The molecule has 0 saturated heterocycles. The van der Waals surface area contributed by atoms with E-state index in [1.165, 1.54) is 6.07 Å². The molecule has 2 aromatic rings. The van der Waals surface area contributed by atoms with Gasteiger partial charge in [-0.15, -0.1) is 0 Å². The average molecular weight is 296 g/mol. The van der Waals surface area contributed by atoms with Crippen molar-refractivity contribution in [3.8, 4) is 0 Å². The highest BCUT2D eigenvalue weighted by molar-refractivity contribution is 6.35. The molecule has 106 valence electrons. The number of rotatable bonds is 4. The van der Waals surface area contributed by atoms with Crippen LogP contribution in [0.2, 0.25) is 5.02 Å². The van der Waals surface area contributed by atoms with Crippen LogP contribution in [0.5, 0.6) is 0 Å². The molecule has 2 N–H and O–H groups in total. The van der Waals surface area contributed by atoms with Crippen LogP contribution in [0.25, 0.3) is 10.9 Å². The summed E-state index contributed by atoms with van der Waals surface area (Å²) < 4.78 is 1.64. The number of aromatic nitrogens is 1. The SMILES string of the molecule is Cc1ccc(Cl)c2c(=O)cc(CC(=O)O)n(CCO)c12. The summed E-state index contributed by atoms with van der Waals surface area (Å²) in [4.78, 5) is 23.1. The molecule has 6 heteroatoms. The van der Waals surface area contributed by atoms with Gasteiger partial charge in [0.25, 0.3) is 0 Å². The minimum Gasteiger partial charge on any atom is -0.481 e. The zero-order valence-electron chi connectivity index (χ0n) is 10.9. The second-order valence-corrected chi connectivity index (χ2v) is 4.94. The third kappa shape index (κ3) is 2.55. The Kier molecular flexibility index (Phi) is 4.11. The number of benzene rings is 1. The van der Waals surface area contributed by atoms with Gasteiger partial charge in [-0.2, -0.15) is 0 Å². The first kappa shape index (κ1) is 14.6. The number of hydrogen-bond donors (Lipinski definition) is 2. The predicted octanol–water partition coefficient (Wildman–Crippen LogP) is 1.58. The fraction of sp³-hybridized carbons (Fsp3) is 0.286. The van der Waals surface area contributed by atoms with E-state index in [-0.39, 0.29) is 25.0 Å². The number of hydrogen-bond acceptors (Lipinski definition) is 3. The molecule has 0 amide bonds. The van der Waals surface area contributed by atoms with E-state index in [4.69, 9.17) is 16.7 Å². The zero-order chi connectivity index (χ0) is 14.9. The number of aliphatic hydroxyl groups is 1. The van der Waals surface area contributed by atoms with Crippen molar-refractivity contribution in [1.29, 1.82) is 0 Å². The molecule has 0 radical (unpaired) electrons. The zero-order valence-corrected chi connectivity index (χ0v) is 11.6. The maximum absolute atomic E-state index is 12.2. The normalized spacial score (nSPS) is 10.9. The smallest absolute Gasteiger partial charge is 0.309 e. The van der Waals surface area contributed by atoms with E-state index < -0.39 is 5.97 Å². The van der Waals surface area contributed by atoms with Crippen LogP contribution in [-0.4, -0.2) is 27.4 Å². The molecule has 1 heterocycles. The maximum atomic E-state index is 12.2. The number of aliphatic hydroxyl groups excluding tert-OH is 1. The fourth-order valence-electron chi connectivity index (χ4n) is 2.35. The lowest BCUT2D eigenvalue weighted by Crippen LogP contribution is -2.19. The lowest BCUT2D eigenvalue weighted by Gasteiger charge is -2.17. The summed E-state index contributed by atoms with van der Waals surface area (Å²) in [6.07, 6.45) is -0.281. The van der Waals surface area contributed by atoms with E-state index in [9.17, 15) is 14.7 Å². The van der Waals surface area contributed by atoms with Crippen molar-refractivity contribution in [2.24, 2.45) is 0 Å².